The maximum atomic E-state index is 14.1. The molecule has 1 aromatic heterocycles. The molecule has 3 nitrogen and oxygen atoms in total. The summed E-state index contributed by atoms with van der Waals surface area (Å²) in [4.78, 5) is 6.48. The molecule has 6 heteroatoms. The van der Waals surface area contributed by atoms with Crippen LogP contribution >= 0.6 is 11.6 Å². The fourth-order valence-electron chi connectivity index (χ4n) is 2.42. The van der Waals surface area contributed by atoms with Gasteiger partial charge in [0.2, 0.25) is 0 Å². The topological polar surface area (TPSA) is 21.1 Å². The smallest absolute Gasteiger partial charge is 0.184 e. The quantitative estimate of drug-likeness (QED) is 0.576. The van der Waals surface area contributed by atoms with Crippen LogP contribution in [0.4, 0.5) is 8.78 Å². The molecular formula is C15H20ClF2N3. The van der Waals surface area contributed by atoms with E-state index in [1.54, 1.807) is 4.57 Å². The molecule has 0 aliphatic rings. The van der Waals surface area contributed by atoms with Crippen molar-refractivity contribution in [3.63, 3.8) is 0 Å². The standard InChI is InChI=1S/C15H20ClF2N3/c1-20(2)9-3-4-10-21-13(7-8-16)19-12-6-5-11(17)14(18)15(12)21/h5-6H,3-4,7-10H2,1-2H3. The zero-order valence-corrected chi connectivity index (χ0v) is 13.1. The molecule has 0 bridgehead atoms. The van der Waals surface area contributed by atoms with Crippen molar-refractivity contribution in [1.29, 1.82) is 0 Å². The number of aromatic nitrogens is 2. The highest BCUT2D eigenvalue weighted by Crippen LogP contribution is 2.23. The van der Waals surface area contributed by atoms with Crippen molar-refractivity contribution < 1.29 is 8.78 Å². The summed E-state index contributed by atoms with van der Waals surface area (Å²) < 4.78 is 29.3. The summed E-state index contributed by atoms with van der Waals surface area (Å²) in [5, 5.41) is 0. The van der Waals surface area contributed by atoms with Gasteiger partial charge in [-0.15, -0.1) is 11.6 Å². The Balaban J connectivity index is 2.29. The van der Waals surface area contributed by atoms with Gasteiger partial charge in [0.25, 0.3) is 0 Å². The van der Waals surface area contributed by atoms with Crippen LogP contribution in [0.15, 0.2) is 12.1 Å². The van der Waals surface area contributed by atoms with E-state index in [-0.39, 0.29) is 5.52 Å². The summed E-state index contributed by atoms with van der Waals surface area (Å²) >= 11 is 5.78. The average molecular weight is 316 g/mol. The number of hydrogen-bond acceptors (Lipinski definition) is 2. The van der Waals surface area contributed by atoms with Gasteiger partial charge in [-0.05, 0) is 45.6 Å². The maximum absolute atomic E-state index is 14.1. The van der Waals surface area contributed by atoms with E-state index in [9.17, 15) is 8.78 Å². The van der Waals surface area contributed by atoms with E-state index < -0.39 is 11.6 Å². The lowest BCUT2D eigenvalue weighted by molar-refractivity contribution is 0.387. The zero-order chi connectivity index (χ0) is 15.4. The SMILES string of the molecule is CN(C)CCCCn1c(CCCl)nc2ccc(F)c(F)c21. The third-order valence-corrected chi connectivity index (χ3v) is 3.62. The van der Waals surface area contributed by atoms with Gasteiger partial charge in [0.1, 0.15) is 11.3 Å². The Kier molecular flexibility index (Phi) is 5.53. The summed E-state index contributed by atoms with van der Waals surface area (Å²) in [6.45, 7) is 1.59. The second-order valence-corrected chi connectivity index (χ2v) is 5.74. The molecule has 0 atom stereocenters. The predicted octanol–water partition coefficient (Wildman–Crippen LogP) is 3.44. The van der Waals surface area contributed by atoms with Crippen LogP contribution < -0.4 is 0 Å². The van der Waals surface area contributed by atoms with Crippen molar-refractivity contribution in [2.75, 3.05) is 26.5 Å². The summed E-state index contributed by atoms with van der Waals surface area (Å²) in [5.41, 5.74) is 0.738. The molecule has 21 heavy (non-hydrogen) atoms. The first-order chi connectivity index (χ1) is 10.0. The largest absolute Gasteiger partial charge is 0.325 e. The first kappa shape index (κ1) is 16.2. The number of halogens is 3. The van der Waals surface area contributed by atoms with E-state index >= 15 is 0 Å². The summed E-state index contributed by atoms with van der Waals surface area (Å²) in [5.74, 6) is -0.539. The fraction of sp³-hybridized carbons (Fsp3) is 0.533. The highest BCUT2D eigenvalue weighted by Gasteiger charge is 2.16. The van der Waals surface area contributed by atoms with Gasteiger partial charge in [0.15, 0.2) is 11.6 Å². The van der Waals surface area contributed by atoms with E-state index in [0.29, 0.717) is 30.2 Å². The van der Waals surface area contributed by atoms with Crippen molar-refractivity contribution in [1.82, 2.24) is 14.5 Å². The van der Waals surface area contributed by atoms with Gasteiger partial charge in [0, 0.05) is 18.8 Å². The average Bonchev–Trinajstić information content (AvgIpc) is 2.78. The molecule has 0 radical (unpaired) electrons. The van der Waals surface area contributed by atoms with Crippen LogP contribution in [-0.2, 0) is 13.0 Å². The molecule has 0 aliphatic heterocycles. The number of imidazole rings is 1. The van der Waals surface area contributed by atoms with Gasteiger partial charge >= 0.3 is 0 Å². The monoisotopic (exact) mass is 315 g/mol. The van der Waals surface area contributed by atoms with Gasteiger partial charge < -0.3 is 9.47 Å². The first-order valence-electron chi connectivity index (χ1n) is 7.08. The number of rotatable bonds is 7. The van der Waals surface area contributed by atoms with Gasteiger partial charge in [0.05, 0.1) is 5.52 Å². The number of fused-ring (bicyclic) bond motifs is 1. The van der Waals surface area contributed by atoms with Crippen molar-refractivity contribution in [2.45, 2.75) is 25.8 Å². The molecular weight excluding hydrogens is 296 g/mol. The van der Waals surface area contributed by atoms with Crippen LogP contribution in [0, 0.1) is 11.6 Å². The van der Waals surface area contributed by atoms with Crippen molar-refractivity contribution in [3.8, 4) is 0 Å². The molecule has 0 fully saturated rings. The number of benzene rings is 1. The Bertz CT molecular complexity index is 610. The van der Waals surface area contributed by atoms with Crippen LogP contribution in [0.1, 0.15) is 18.7 Å². The van der Waals surface area contributed by atoms with Crippen LogP contribution in [0.5, 0.6) is 0 Å². The lowest BCUT2D eigenvalue weighted by atomic mass is 10.2. The van der Waals surface area contributed by atoms with Crippen LogP contribution in [0.25, 0.3) is 11.0 Å². The predicted molar refractivity (Wildman–Crippen MR) is 81.9 cm³/mol. The zero-order valence-electron chi connectivity index (χ0n) is 12.4. The maximum Gasteiger partial charge on any atom is 0.184 e. The second kappa shape index (κ2) is 7.18. The summed E-state index contributed by atoms with van der Waals surface area (Å²) in [7, 11) is 4.03. The molecule has 0 unspecified atom stereocenters. The van der Waals surface area contributed by atoms with Gasteiger partial charge in [-0.25, -0.2) is 13.8 Å². The molecule has 0 saturated carbocycles. The van der Waals surface area contributed by atoms with E-state index in [1.807, 2.05) is 14.1 Å². The minimum Gasteiger partial charge on any atom is -0.325 e. The van der Waals surface area contributed by atoms with Crippen molar-refractivity contribution in [3.05, 3.63) is 29.6 Å². The summed E-state index contributed by atoms with van der Waals surface area (Å²) in [6.07, 6.45) is 2.42. The first-order valence-corrected chi connectivity index (χ1v) is 7.62. The Morgan fingerprint density at radius 1 is 1.24 bits per heavy atom. The highest BCUT2D eigenvalue weighted by molar-refractivity contribution is 6.17. The van der Waals surface area contributed by atoms with Crippen LogP contribution in [0.3, 0.4) is 0 Å². The number of alkyl halides is 1. The fourth-order valence-corrected chi connectivity index (χ4v) is 2.59. The van der Waals surface area contributed by atoms with E-state index in [2.05, 4.69) is 9.88 Å². The minimum absolute atomic E-state index is 0.250. The number of aryl methyl sites for hydroxylation is 2. The molecule has 116 valence electrons. The Morgan fingerprint density at radius 2 is 2.00 bits per heavy atom. The molecule has 1 heterocycles. The Hall–Kier alpha value is -1.20. The van der Waals surface area contributed by atoms with Crippen molar-refractivity contribution in [2.24, 2.45) is 0 Å². The van der Waals surface area contributed by atoms with Crippen LogP contribution in [-0.4, -0.2) is 41.0 Å². The Morgan fingerprint density at radius 3 is 2.67 bits per heavy atom. The lowest BCUT2D eigenvalue weighted by Gasteiger charge is -2.11. The minimum atomic E-state index is -0.839. The molecule has 0 saturated heterocycles. The second-order valence-electron chi connectivity index (χ2n) is 5.36. The molecule has 2 rings (SSSR count). The molecule has 0 spiro atoms. The molecule has 0 N–H and O–H groups in total. The third-order valence-electron chi connectivity index (χ3n) is 3.43. The van der Waals surface area contributed by atoms with Gasteiger partial charge in [-0.3, -0.25) is 0 Å². The normalized spacial score (nSPS) is 11.7. The third kappa shape index (κ3) is 3.71. The van der Waals surface area contributed by atoms with Crippen molar-refractivity contribution >= 4 is 22.6 Å². The van der Waals surface area contributed by atoms with Crippen LogP contribution in [0.2, 0.25) is 0 Å². The Labute approximate surface area is 128 Å². The highest BCUT2D eigenvalue weighted by atomic mass is 35.5. The summed E-state index contributed by atoms with van der Waals surface area (Å²) in [6, 6.07) is 2.63. The number of nitrogens with zero attached hydrogens (tertiary/aromatic N) is 3. The number of unbranched alkanes of at least 4 members (excludes halogenated alkanes) is 1. The van der Waals surface area contributed by atoms with E-state index in [4.69, 9.17) is 11.6 Å². The van der Waals surface area contributed by atoms with Gasteiger partial charge in [-0.2, -0.15) is 0 Å². The number of hydrogen-bond donors (Lipinski definition) is 0. The van der Waals surface area contributed by atoms with Gasteiger partial charge in [-0.1, -0.05) is 0 Å². The van der Waals surface area contributed by atoms with E-state index in [1.165, 1.54) is 6.07 Å². The lowest BCUT2D eigenvalue weighted by Crippen LogP contribution is -2.14. The molecule has 2 aromatic rings. The molecule has 0 aliphatic carbocycles. The molecule has 0 amide bonds. The van der Waals surface area contributed by atoms with E-state index in [0.717, 1.165) is 25.5 Å². The molecule has 1 aromatic carbocycles.